The monoisotopic (exact) mass is 264 g/mol. The first kappa shape index (κ1) is 14.3. The second-order valence-electron chi connectivity index (χ2n) is 4.95. The van der Waals surface area contributed by atoms with E-state index in [0.29, 0.717) is 25.8 Å². The molecule has 4 heteroatoms. The summed E-state index contributed by atoms with van der Waals surface area (Å²) in [6.45, 7) is 4.60. The van der Waals surface area contributed by atoms with Crippen LogP contribution >= 0.6 is 0 Å². The third kappa shape index (κ3) is 3.47. The molecule has 2 N–H and O–H groups in total. The maximum atomic E-state index is 10.00. The molecule has 4 nitrogen and oxygen atoms in total. The molecular weight excluding hydrogens is 240 g/mol. The molecule has 1 aliphatic rings. The van der Waals surface area contributed by atoms with E-state index in [1.807, 2.05) is 14.0 Å². The van der Waals surface area contributed by atoms with Gasteiger partial charge in [0.25, 0.3) is 0 Å². The van der Waals surface area contributed by atoms with Crippen molar-refractivity contribution in [3.05, 3.63) is 29.8 Å². The fraction of sp³-hybridized carbons (Fsp3) is 0.600. The first-order chi connectivity index (χ1) is 9.26. The van der Waals surface area contributed by atoms with E-state index in [-0.39, 0.29) is 0 Å². The molecule has 0 fully saturated rings. The van der Waals surface area contributed by atoms with E-state index in [0.717, 1.165) is 13.0 Å². The third-order valence-electron chi connectivity index (χ3n) is 3.63. The molecule has 0 bridgehead atoms. The number of aliphatic hydroxyl groups is 1. The summed E-state index contributed by atoms with van der Waals surface area (Å²) in [4.78, 5) is 2.26. The molecule has 0 radical (unpaired) electrons. The van der Waals surface area contributed by atoms with Gasteiger partial charge in [-0.3, -0.25) is 0 Å². The smallest absolute Gasteiger partial charge is 0.0947 e. The highest BCUT2D eigenvalue weighted by atomic mass is 16.5. The highest BCUT2D eigenvalue weighted by molar-refractivity contribution is 5.57. The zero-order valence-electron chi connectivity index (χ0n) is 11.8. The van der Waals surface area contributed by atoms with Gasteiger partial charge in [0.1, 0.15) is 0 Å². The molecule has 0 spiro atoms. The minimum Gasteiger partial charge on any atom is -0.389 e. The van der Waals surface area contributed by atoms with Gasteiger partial charge >= 0.3 is 0 Å². The molecule has 1 aliphatic heterocycles. The van der Waals surface area contributed by atoms with Crippen molar-refractivity contribution in [1.29, 1.82) is 0 Å². The normalized spacial score (nSPS) is 20.2. The first-order valence-electron chi connectivity index (χ1n) is 7.03. The molecule has 1 aromatic carbocycles. The van der Waals surface area contributed by atoms with Crippen LogP contribution in [0.4, 0.5) is 5.69 Å². The van der Waals surface area contributed by atoms with Crippen molar-refractivity contribution in [3.8, 4) is 0 Å². The number of para-hydroxylation sites is 1. The number of benzene rings is 1. The summed E-state index contributed by atoms with van der Waals surface area (Å²) in [6.07, 6.45) is 0.633. The summed E-state index contributed by atoms with van der Waals surface area (Å²) in [5.41, 5.74) is 2.54. The lowest BCUT2D eigenvalue weighted by molar-refractivity contribution is 0.0461. The predicted octanol–water partition coefficient (Wildman–Crippen LogP) is 1.55. The van der Waals surface area contributed by atoms with Crippen LogP contribution in [0, 0.1) is 0 Å². The van der Waals surface area contributed by atoms with Crippen LogP contribution in [-0.2, 0) is 4.74 Å². The fourth-order valence-electron chi connectivity index (χ4n) is 2.68. The Morgan fingerprint density at radius 1 is 1.47 bits per heavy atom. The van der Waals surface area contributed by atoms with Crippen molar-refractivity contribution < 1.29 is 9.84 Å². The summed E-state index contributed by atoms with van der Waals surface area (Å²) in [6, 6.07) is 8.84. The Bertz CT molecular complexity index is 397. The first-order valence-corrected chi connectivity index (χ1v) is 7.03. The molecule has 0 aliphatic carbocycles. The molecule has 0 aromatic heterocycles. The van der Waals surface area contributed by atoms with Crippen molar-refractivity contribution in [1.82, 2.24) is 5.32 Å². The second-order valence-corrected chi connectivity index (χ2v) is 4.95. The summed E-state index contributed by atoms with van der Waals surface area (Å²) < 4.78 is 5.28. The van der Waals surface area contributed by atoms with E-state index >= 15 is 0 Å². The van der Waals surface area contributed by atoms with Gasteiger partial charge in [-0.15, -0.1) is 0 Å². The standard InChI is InChI=1S/C15H24N2O2/c1-3-19-11-12(18)10-17-9-8-14(16-2)13-6-4-5-7-15(13)17/h4-7,12,14,16,18H,3,8-11H2,1-2H3. The highest BCUT2D eigenvalue weighted by Gasteiger charge is 2.24. The van der Waals surface area contributed by atoms with Gasteiger partial charge in [0.05, 0.1) is 12.7 Å². The van der Waals surface area contributed by atoms with Crippen LogP contribution in [0.3, 0.4) is 0 Å². The minimum absolute atomic E-state index is 0.407. The van der Waals surface area contributed by atoms with Gasteiger partial charge < -0.3 is 20.1 Å². The van der Waals surface area contributed by atoms with E-state index in [9.17, 15) is 5.11 Å². The maximum Gasteiger partial charge on any atom is 0.0947 e. The molecule has 2 rings (SSSR count). The maximum absolute atomic E-state index is 10.00. The SMILES string of the molecule is CCOCC(O)CN1CCC(NC)c2ccccc21. The molecule has 0 amide bonds. The summed E-state index contributed by atoms with van der Waals surface area (Å²) in [7, 11) is 2.00. The zero-order chi connectivity index (χ0) is 13.7. The summed E-state index contributed by atoms with van der Waals surface area (Å²) >= 11 is 0. The van der Waals surface area contributed by atoms with Crippen LogP contribution in [-0.4, -0.2) is 44.6 Å². The number of nitrogens with one attached hydrogen (secondary N) is 1. The molecular formula is C15H24N2O2. The number of anilines is 1. The number of ether oxygens (including phenoxy) is 1. The van der Waals surface area contributed by atoms with Crippen molar-refractivity contribution in [3.63, 3.8) is 0 Å². The number of rotatable bonds is 6. The number of nitrogens with zero attached hydrogens (tertiary/aromatic N) is 1. The Hall–Kier alpha value is -1.10. The molecule has 19 heavy (non-hydrogen) atoms. The van der Waals surface area contributed by atoms with Crippen molar-refractivity contribution in [2.45, 2.75) is 25.5 Å². The van der Waals surface area contributed by atoms with Gasteiger partial charge in [0, 0.05) is 31.4 Å². The van der Waals surface area contributed by atoms with E-state index in [1.165, 1.54) is 11.3 Å². The summed E-state index contributed by atoms with van der Waals surface area (Å²) in [5.74, 6) is 0. The minimum atomic E-state index is -0.431. The van der Waals surface area contributed by atoms with E-state index in [2.05, 4.69) is 34.5 Å². The average Bonchev–Trinajstić information content (AvgIpc) is 2.45. The number of fused-ring (bicyclic) bond motifs is 1. The summed E-state index contributed by atoms with van der Waals surface area (Å²) in [5, 5.41) is 13.4. The molecule has 2 atom stereocenters. The Kier molecular flexibility index (Phi) is 5.19. The molecule has 2 unspecified atom stereocenters. The van der Waals surface area contributed by atoms with Crippen molar-refractivity contribution >= 4 is 5.69 Å². The van der Waals surface area contributed by atoms with E-state index in [4.69, 9.17) is 4.74 Å². The van der Waals surface area contributed by atoms with Crippen molar-refractivity contribution in [2.24, 2.45) is 0 Å². The lowest BCUT2D eigenvalue weighted by atomic mass is 9.96. The average molecular weight is 264 g/mol. The molecule has 0 saturated heterocycles. The number of hydrogen-bond donors (Lipinski definition) is 2. The zero-order valence-corrected chi connectivity index (χ0v) is 11.8. The van der Waals surface area contributed by atoms with E-state index < -0.39 is 6.10 Å². The predicted molar refractivity (Wildman–Crippen MR) is 77.6 cm³/mol. The van der Waals surface area contributed by atoms with Gasteiger partial charge in [-0.1, -0.05) is 18.2 Å². The van der Waals surface area contributed by atoms with Crippen LogP contribution in [0.5, 0.6) is 0 Å². The Morgan fingerprint density at radius 3 is 3.00 bits per heavy atom. The lowest BCUT2D eigenvalue weighted by Gasteiger charge is -2.36. The van der Waals surface area contributed by atoms with Crippen LogP contribution in [0.1, 0.15) is 24.9 Å². The largest absolute Gasteiger partial charge is 0.389 e. The van der Waals surface area contributed by atoms with Crippen LogP contribution in [0.25, 0.3) is 0 Å². The molecule has 1 aromatic rings. The van der Waals surface area contributed by atoms with Crippen LogP contribution < -0.4 is 10.2 Å². The second kappa shape index (κ2) is 6.89. The lowest BCUT2D eigenvalue weighted by Crippen LogP contribution is -2.40. The van der Waals surface area contributed by atoms with Crippen molar-refractivity contribution in [2.75, 3.05) is 38.3 Å². The Balaban J connectivity index is 2.07. The highest BCUT2D eigenvalue weighted by Crippen LogP contribution is 2.33. The van der Waals surface area contributed by atoms with Gasteiger partial charge in [0.15, 0.2) is 0 Å². The number of aliphatic hydroxyl groups excluding tert-OH is 1. The van der Waals surface area contributed by atoms with Gasteiger partial charge in [0.2, 0.25) is 0 Å². The Labute approximate surface area is 115 Å². The van der Waals surface area contributed by atoms with Gasteiger partial charge in [-0.25, -0.2) is 0 Å². The third-order valence-corrected chi connectivity index (χ3v) is 3.63. The number of hydrogen-bond acceptors (Lipinski definition) is 4. The van der Waals surface area contributed by atoms with Gasteiger partial charge in [-0.2, -0.15) is 0 Å². The van der Waals surface area contributed by atoms with Gasteiger partial charge in [-0.05, 0) is 32.0 Å². The van der Waals surface area contributed by atoms with Crippen LogP contribution in [0.15, 0.2) is 24.3 Å². The quantitative estimate of drug-likeness (QED) is 0.818. The molecule has 1 heterocycles. The topological polar surface area (TPSA) is 44.7 Å². The molecule has 0 saturated carbocycles. The van der Waals surface area contributed by atoms with E-state index in [1.54, 1.807) is 0 Å². The molecule has 106 valence electrons. The fourth-order valence-corrected chi connectivity index (χ4v) is 2.68. The van der Waals surface area contributed by atoms with Crippen LogP contribution in [0.2, 0.25) is 0 Å². The Morgan fingerprint density at radius 2 is 2.26 bits per heavy atom. The number of β-amino-alcohol motifs (C(OH)–C–C–N with tert-alkyl or cyclic N) is 1.